The monoisotopic (exact) mass is 785 g/mol. The van der Waals surface area contributed by atoms with E-state index in [4.69, 9.17) is 37.9 Å². The number of hydrogen-bond acceptors (Lipinski definition) is 10. The summed E-state index contributed by atoms with van der Waals surface area (Å²) in [5.41, 5.74) is 0. The van der Waals surface area contributed by atoms with Crippen LogP contribution in [0, 0.1) is 0 Å². The van der Waals surface area contributed by atoms with Crippen LogP contribution in [0.25, 0.3) is 0 Å². The molecule has 0 rings (SSSR count). The van der Waals surface area contributed by atoms with Gasteiger partial charge in [-0.25, -0.2) is 0 Å². The van der Waals surface area contributed by atoms with E-state index in [2.05, 4.69) is 26.0 Å². The van der Waals surface area contributed by atoms with Gasteiger partial charge in [0.1, 0.15) is 19.3 Å². The number of carbonyl (C=O) groups is 2. The van der Waals surface area contributed by atoms with Crippen LogP contribution in [0.3, 0.4) is 0 Å². The number of hydrogen-bond donors (Lipinski definition) is 0. The van der Waals surface area contributed by atoms with Crippen molar-refractivity contribution in [2.75, 3.05) is 85.9 Å². The van der Waals surface area contributed by atoms with Crippen molar-refractivity contribution in [2.24, 2.45) is 0 Å². The number of allylic oxidation sites excluding steroid dienone is 2. The standard InChI is InChI=1S/C45H84O10/c1-4-7-9-11-13-20-27-33-54-44(46)29-23-17-15-19-25-31-51-41-43(42-52-40-39-50-38-37-49-36-35-48-6-3)53-32-26-22-16-18-24-30-45(47)55-34-28-21-14-12-10-8-5-2/h20-21,27-28,43H,4-19,22-26,29-42H2,1-3H3/b27-20-,28-21-. The third-order valence-electron chi connectivity index (χ3n) is 8.94. The van der Waals surface area contributed by atoms with Gasteiger partial charge in [0.15, 0.2) is 0 Å². The number of carbonyl (C=O) groups excluding carboxylic acids is 2. The Morgan fingerprint density at radius 1 is 0.418 bits per heavy atom. The second kappa shape index (κ2) is 46.6. The molecule has 10 heteroatoms. The Morgan fingerprint density at radius 3 is 1.35 bits per heavy atom. The van der Waals surface area contributed by atoms with Gasteiger partial charge in [-0.05, 0) is 58.3 Å². The summed E-state index contributed by atoms with van der Waals surface area (Å²) in [6.07, 6.45) is 31.1. The minimum Gasteiger partial charge on any atom is -0.461 e. The summed E-state index contributed by atoms with van der Waals surface area (Å²) in [7, 11) is 0. The predicted octanol–water partition coefficient (Wildman–Crippen LogP) is 10.3. The van der Waals surface area contributed by atoms with Crippen LogP contribution in [0.2, 0.25) is 0 Å². The van der Waals surface area contributed by atoms with Crippen LogP contribution < -0.4 is 0 Å². The van der Waals surface area contributed by atoms with Gasteiger partial charge < -0.3 is 37.9 Å². The molecule has 0 bridgehead atoms. The molecule has 0 aliphatic carbocycles. The lowest BCUT2D eigenvalue weighted by Crippen LogP contribution is -2.27. The van der Waals surface area contributed by atoms with Gasteiger partial charge in [0, 0.05) is 32.7 Å². The first-order valence-electron chi connectivity index (χ1n) is 22.2. The van der Waals surface area contributed by atoms with Crippen molar-refractivity contribution in [3.05, 3.63) is 24.3 Å². The van der Waals surface area contributed by atoms with Crippen LogP contribution in [0.15, 0.2) is 24.3 Å². The first-order valence-corrected chi connectivity index (χ1v) is 22.2. The summed E-state index contributed by atoms with van der Waals surface area (Å²) in [6, 6.07) is 0. The summed E-state index contributed by atoms with van der Waals surface area (Å²) >= 11 is 0. The summed E-state index contributed by atoms with van der Waals surface area (Å²) in [4.78, 5) is 24.0. The van der Waals surface area contributed by atoms with Crippen molar-refractivity contribution in [3.8, 4) is 0 Å². The molecule has 324 valence electrons. The molecule has 1 unspecified atom stereocenters. The average Bonchev–Trinajstić information content (AvgIpc) is 3.18. The average molecular weight is 785 g/mol. The Balaban J connectivity index is 4.09. The van der Waals surface area contributed by atoms with Gasteiger partial charge in [-0.15, -0.1) is 0 Å². The number of unbranched alkanes of at least 4 members (excludes halogenated alkanes) is 16. The molecule has 0 spiro atoms. The highest BCUT2D eigenvalue weighted by molar-refractivity contribution is 5.69. The van der Waals surface area contributed by atoms with E-state index in [1.54, 1.807) is 0 Å². The molecule has 0 aromatic heterocycles. The molecule has 0 radical (unpaired) electrons. The van der Waals surface area contributed by atoms with E-state index in [0.717, 1.165) is 77.0 Å². The van der Waals surface area contributed by atoms with Gasteiger partial charge in [-0.2, -0.15) is 0 Å². The lowest BCUT2D eigenvalue weighted by molar-refractivity contribution is -0.143. The van der Waals surface area contributed by atoms with Crippen LogP contribution in [-0.2, 0) is 47.5 Å². The van der Waals surface area contributed by atoms with Crippen molar-refractivity contribution in [2.45, 2.75) is 168 Å². The first-order chi connectivity index (χ1) is 27.1. The minimum atomic E-state index is -0.135. The van der Waals surface area contributed by atoms with E-state index < -0.39 is 0 Å². The lowest BCUT2D eigenvalue weighted by atomic mass is 10.1. The Labute approximate surface area is 337 Å². The summed E-state index contributed by atoms with van der Waals surface area (Å²) in [6.45, 7) is 13.4. The van der Waals surface area contributed by atoms with Crippen LogP contribution in [0.1, 0.15) is 162 Å². The van der Waals surface area contributed by atoms with E-state index in [1.807, 2.05) is 19.1 Å². The van der Waals surface area contributed by atoms with Crippen molar-refractivity contribution in [1.29, 1.82) is 0 Å². The maximum Gasteiger partial charge on any atom is 0.306 e. The van der Waals surface area contributed by atoms with E-state index in [-0.39, 0.29) is 18.0 Å². The number of ether oxygens (including phenoxy) is 8. The molecule has 0 heterocycles. The van der Waals surface area contributed by atoms with Gasteiger partial charge in [-0.1, -0.05) is 115 Å². The number of rotatable bonds is 45. The maximum atomic E-state index is 12.0. The molecule has 0 aromatic carbocycles. The van der Waals surface area contributed by atoms with E-state index >= 15 is 0 Å². The molecule has 0 fully saturated rings. The van der Waals surface area contributed by atoms with Crippen molar-refractivity contribution in [1.82, 2.24) is 0 Å². The quantitative estimate of drug-likeness (QED) is 0.0336. The molecule has 0 aliphatic rings. The summed E-state index contributed by atoms with van der Waals surface area (Å²) in [5, 5.41) is 0. The third-order valence-corrected chi connectivity index (χ3v) is 8.94. The molecule has 0 aliphatic heterocycles. The second-order valence-electron chi connectivity index (χ2n) is 14.1. The van der Waals surface area contributed by atoms with E-state index in [1.165, 1.54) is 51.4 Å². The van der Waals surface area contributed by atoms with Crippen molar-refractivity contribution >= 4 is 11.9 Å². The highest BCUT2D eigenvalue weighted by atomic mass is 16.6. The predicted molar refractivity (Wildman–Crippen MR) is 223 cm³/mol. The van der Waals surface area contributed by atoms with Crippen LogP contribution in [-0.4, -0.2) is 104 Å². The zero-order valence-corrected chi connectivity index (χ0v) is 35.7. The molecule has 0 saturated heterocycles. The molecule has 0 aromatic rings. The Hall–Kier alpha value is -1.82. The zero-order chi connectivity index (χ0) is 40.0. The Kier molecular flexibility index (Phi) is 45.0. The third kappa shape index (κ3) is 44.8. The van der Waals surface area contributed by atoms with Crippen LogP contribution in [0.4, 0.5) is 0 Å². The Bertz CT molecular complexity index is 850. The first kappa shape index (κ1) is 53.2. The Morgan fingerprint density at radius 2 is 0.836 bits per heavy atom. The fourth-order valence-corrected chi connectivity index (χ4v) is 5.61. The topological polar surface area (TPSA) is 108 Å². The molecule has 55 heavy (non-hydrogen) atoms. The molecule has 10 nitrogen and oxygen atoms in total. The second-order valence-corrected chi connectivity index (χ2v) is 14.1. The zero-order valence-electron chi connectivity index (χ0n) is 35.7. The summed E-state index contributed by atoms with van der Waals surface area (Å²) in [5.74, 6) is -0.215. The molecule has 0 N–H and O–H groups in total. The van der Waals surface area contributed by atoms with E-state index in [0.29, 0.717) is 98.7 Å². The highest BCUT2D eigenvalue weighted by Crippen LogP contribution is 2.10. The summed E-state index contributed by atoms with van der Waals surface area (Å²) < 4.78 is 45.0. The fraction of sp³-hybridized carbons (Fsp3) is 0.867. The van der Waals surface area contributed by atoms with Gasteiger partial charge >= 0.3 is 11.9 Å². The highest BCUT2D eigenvalue weighted by Gasteiger charge is 2.11. The fourth-order valence-electron chi connectivity index (χ4n) is 5.61. The SMILES string of the molecule is CCCCCC/C=C\COC(=O)CCCCCCCOCC(COCCOCCOCCOCC)OCCCCCCCC(=O)OC/C=C\CCCCCC. The lowest BCUT2D eigenvalue weighted by Gasteiger charge is -2.18. The molecular weight excluding hydrogens is 700 g/mol. The largest absolute Gasteiger partial charge is 0.461 e. The molecule has 1 atom stereocenters. The van der Waals surface area contributed by atoms with E-state index in [9.17, 15) is 9.59 Å². The molecule has 0 amide bonds. The molecular formula is C45H84O10. The minimum absolute atomic E-state index is 0.106. The smallest absolute Gasteiger partial charge is 0.306 e. The van der Waals surface area contributed by atoms with Crippen LogP contribution >= 0.6 is 0 Å². The van der Waals surface area contributed by atoms with Gasteiger partial charge in [-0.3, -0.25) is 9.59 Å². The number of esters is 2. The normalized spacial score (nSPS) is 12.3. The van der Waals surface area contributed by atoms with Crippen molar-refractivity contribution in [3.63, 3.8) is 0 Å². The molecule has 0 saturated carbocycles. The van der Waals surface area contributed by atoms with Gasteiger partial charge in [0.05, 0.1) is 52.9 Å². The van der Waals surface area contributed by atoms with Crippen molar-refractivity contribution < 1.29 is 47.5 Å². The van der Waals surface area contributed by atoms with Gasteiger partial charge in [0.25, 0.3) is 0 Å². The van der Waals surface area contributed by atoms with Crippen LogP contribution in [0.5, 0.6) is 0 Å². The maximum absolute atomic E-state index is 12.0. The van der Waals surface area contributed by atoms with Gasteiger partial charge in [0.2, 0.25) is 0 Å².